The van der Waals surface area contributed by atoms with E-state index in [1.807, 2.05) is 17.4 Å². The average Bonchev–Trinajstić information content (AvgIpc) is 2.74. The smallest absolute Gasteiger partial charge is 0.0705 e. The van der Waals surface area contributed by atoms with E-state index in [0.717, 1.165) is 10.7 Å². The molecule has 2 aromatic rings. The van der Waals surface area contributed by atoms with E-state index in [9.17, 15) is 0 Å². The third kappa shape index (κ3) is 2.83. The Labute approximate surface area is 131 Å². The van der Waals surface area contributed by atoms with E-state index in [1.165, 1.54) is 39.1 Å². The summed E-state index contributed by atoms with van der Waals surface area (Å²) in [5.74, 6) is 0. The molecule has 0 aliphatic heterocycles. The van der Waals surface area contributed by atoms with E-state index in [0.29, 0.717) is 6.04 Å². The molecule has 1 unspecified atom stereocenters. The minimum atomic E-state index is 0.381. The molecule has 0 saturated heterocycles. The van der Waals surface area contributed by atoms with Crippen LogP contribution >= 0.6 is 38.9 Å². The quantitative estimate of drug-likeness (QED) is 0.699. The SMILES string of the molecule is Cc1ccc(NC2CCCc3sc(Br)cc32)c(Cl)c1. The second-order valence-electron chi connectivity index (χ2n) is 5.00. The van der Waals surface area contributed by atoms with E-state index in [2.05, 4.69) is 46.4 Å². The van der Waals surface area contributed by atoms with Gasteiger partial charge in [0, 0.05) is 4.88 Å². The highest BCUT2D eigenvalue weighted by atomic mass is 79.9. The third-order valence-corrected chi connectivity index (χ3v) is 5.56. The fourth-order valence-corrected chi connectivity index (χ4v) is 4.71. The topological polar surface area (TPSA) is 12.0 Å². The van der Waals surface area contributed by atoms with Gasteiger partial charge < -0.3 is 5.32 Å². The summed E-state index contributed by atoms with van der Waals surface area (Å²) in [5.41, 5.74) is 3.66. The van der Waals surface area contributed by atoms with Crippen LogP contribution in [0.25, 0.3) is 0 Å². The van der Waals surface area contributed by atoms with E-state index < -0.39 is 0 Å². The molecule has 0 radical (unpaired) electrons. The van der Waals surface area contributed by atoms with Crippen molar-refractivity contribution < 1.29 is 0 Å². The number of halogens is 2. The van der Waals surface area contributed by atoms with Crippen LogP contribution in [0.15, 0.2) is 28.1 Å². The number of benzene rings is 1. The number of rotatable bonds is 2. The molecule has 0 amide bonds. The first kappa shape index (κ1) is 13.5. The summed E-state index contributed by atoms with van der Waals surface area (Å²) < 4.78 is 1.22. The maximum Gasteiger partial charge on any atom is 0.0705 e. The van der Waals surface area contributed by atoms with E-state index in [4.69, 9.17) is 11.6 Å². The normalized spacial score (nSPS) is 18.2. The van der Waals surface area contributed by atoms with Crippen LogP contribution in [0.4, 0.5) is 5.69 Å². The van der Waals surface area contributed by atoms with Crippen molar-refractivity contribution in [2.45, 2.75) is 32.2 Å². The number of fused-ring (bicyclic) bond motifs is 1. The van der Waals surface area contributed by atoms with Crippen LogP contribution in [0.1, 0.15) is 34.9 Å². The highest BCUT2D eigenvalue weighted by molar-refractivity contribution is 9.11. The Balaban J connectivity index is 1.88. The Bertz CT molecular complexity index is 608. The van der Waals surface area contributed by atoms with Crippen molar-refractivity contribution in [3.63, 3.8) is 0 Å². The van der Waals surface area contributed by atoms with E-state index in [1.54, 1.807) is 0 Å². The van der Waals surface area contributed by atoms with Crippen LogP contribution in [0.2, 0.25) is 5.02 Å². The Morgan fingerprint density at radius 2 is 2.21 bits per heavy atom. The zero-order valence-corrected chi connectivity index (χ0v) is 13.8. The molecule has 19 heavy (non-hydrogen) atoms. The van der Waals surface area contributed by atoms with Gasteiger partial charge in [0.25, 0.3) is 0 Å². The predicted molar refractivity (Wildman–Crippen MR) is 87.5 cm³/mol. The van der Waals surface area contributed by atoms with Crippen molar-refractivity contribution in [2.24, 2.45) is 0 Å². The minimum absolute atomic E-state index is 0.381. The highest BCUT2D eigenvalue weighted by Gasteiger charge is 2.23. The first-order valence-corrected chi connectivity index (χ1v) is 8.43. The fraction of sp³-hybridized carbons (Fsp3) is 0.333. The second-order valence-corrected chi connectivity index (χ2v) is 7.92. The van der Waals surface area contributed by atoms with Gasteiger partial charge >= 0.3 is 0 Å². The highest BCUT2D eigenvalue weighted by Crippen LogP contribution is 2.40. The van der Waals surface area contributed by atoms with Gasteiger partial charge in [-0.2, -0.15) is 0 Å². The molecule has 1 aliphatic carbocycles. The molecule has 1 atom stereocenters. The first-order chi connectivity index (χ1) is 9.13. The lowest BCUT2D eigenvalue weighted by molar-refractivity contribution is 0.609. The molecule has 4 heteroatoms. The molecular formula is C15H15BrClNS. The molecule has 1 aromatic carbocycles. The number of hydrogen-bond acceptors (Lipinski definition) is 2. The zero-order valence-electron chi connectivity index (χ0n) is 10.7. The number of aryl methyl sites for hydroxylation is 2. The monoisotopic (exact) mass is 355 g/mol. The maximum atomic E-state index is 6.31. The van der Waals surface area contributed by atoms with Gasteiger partial charge in [0.2, 0.25) is 0 Å². The Kier molecular flexibility index (Phi) is 3.88. The van der Waals surface area contributed by atoms with Crippen LogP contribution in [-0.2, 0) is 6.42 Å². The van der Waals surface area contributed by atoms with Gasteiger partial charge in [0.1, 0.15) is 0 Å². The second kappa shape index (κ2) is 5.47. The largest absolute Gasteiger partial charge is 0.377 e. The molecule has 1 heterocycles. The van der Waals surface area contributed by atoms with Gasteiger partial charge in [-0.15, -0.1) is 11.3 Å². The van der Waals surface area contributed by atoms with Crippen molar-refractivity contribution in [2.75, 3.05) is 5.32 Å². The van der Waals surface area contributed by atoms with Gasteiger partial charge in [0.05, 0.1) is 20.5 Å². The van der Waals surface area contributed by atoms with Crippen molar-refractivity contribution in [1.82, 2.24) is 0 Å². The molecule has 1 N–H and O–H groups in total. The Morgan fingerprint density at radius 3 is 3.00 bits per heavy atom. The molecule has 1 aliphatic rings. The summed E-state index contributed by atoms with van der Waals surface area (Å²) in [7, 11) is 0. The minimum Gasteiger partial charge on any atom is -0.377 e. The van der Waals surface area contributed by atoms with Crippen LogP contribution in [0, 0.1) is 6.92 Å². The van der Waals surface area contributed by atoms with Crippen LogP contribution < -0.4 is 5.32 Å². The number of hydrogen-bond donors (Lipinski definition) is 1. The molecule has 100 valence electrons. The lowest BCUT2D eigenvalue weighted by atomic mass is 9.94. The summed E-state index contributed by atoms with van der Waals surface area (Å²) in [6.07, 6.45) is 3.60. The lowest BCUT2D eigenvalue weighted by Gasteiger charge is -2.25. The predicted octanol–water partition coefficient (Wildman–Crippen LogP) is 5.96. The summed E-state index contributed by atoms with van der Waals surface area (Å²) in [4.78, 5) is 1.50. The number of thiophene rings is 1. The van der Waals surface area contributed by atoms with Crippen molar-refractivity contribution in [1.29, 1.82) is 0 Å². The fourth-order valence-electron chi connectivity index (χ4n) is 2.60. The lowest BCUT2D eigenvalue weighted by Crippen LogP contribution is -2.15. The summed E-state index contributed by atoms with van der Waals surface area (Å²) >= 11 is 11.8. The Hall–Kier alpha value is -0.510. The number of anilines is 1. The molecule has 3 rings (SSSR count). The molecule has 0 fully saturated rings. The van der Waals surface area contributed by atoms with E-state index >= 15 is 0 Å². The Morgan fingerprint density at radius 1 is 1.37 bits per heavy atom. The van der Waals surface area contributed by atoms with Crippen molar-refractivity contribution in [3.8, 4) is 0 Å². The van der Waals surface area contributed by atoms with Crippen molar-refractivity contribution >= 4 is 44.6 Å². The standard InChI is InChI=1S/C15H15BrClNS/c1-9-5-6-13(11(17)7-9)18-12-3-2-4-14-10(12)8-15(16)19-14/h5-8,12,18H,2-4H2,1H3. The van der Waals surface area contributed by atoms with Crippen LogP contribution in [0.5, 0.6) is 0 Å². The first-order valence-electron chi connectivity index (χ1n) is 6.44. The van der Waals surface area contributed by atoms with Gasteiger partial charge in [-0.25, -0.2) is 0 Å². The van der Waals surface area contributed by atoms with E-state index in [-0.39, 0.29) is 0 Å². The zero-order chi connectivity index (χ0) is 13.4. The summed E-state index contributed by atoms with van der Waals surface area (Å²) in [6.45, 7) is 2.06. The summed E-state index contributed by atoms with van der Waals surface area (Å²) in [6, 6.07) is 8.82. The summed E-state index contributed by atoms with van der Waals surface area (Å²) in [5, 5.41) is 4.41. The van der Waals surface area contributed by atoms with Gasteiger partial charge in [-0.3, -0.25) is 0 Å². The molecule has 0 saturated carbocycles. The number of nitrogens with one attached hydrogen (secondary N) is 1. The van der Waals surface area contributed by atoms with Gasteiger partial charge in [-0.05, 0) is 71.4 Å². The third-order valence-electron chi connectivity index (χ3n) is 3.54. The average molecular weight is 357 g/mol. The molecule has 1 aromatic heterocycles. The molecule has 0 bridgehead atoms. The van der Waals surface area contributed by atoms with Crippen LogP contribution in [-0.4, -0.2) is 0 Å². The van der Waals surface area contributed by atoms with Crippen LogP contribution in [0.3, 0.4) is 0 Å². The van der Waals surface area contributed by atoms with Crippen molar-refractivity contribution in [3.05, 3.63) is 49.1 Å². The van der Waals surface area contributed by atoms with Gasteiger partial charge in [-0.1, -0.05) is 17.7 Å². The molecule has 1 nitrogen and oxygen atoms in total. The molecule has 0 spiro atoms. The van der Waals surface area contributed by atoms with Gasteiger partial charge in [0.15, 0.2) is 0 Å². The maximum absolute atomic E-state index is 6.31. The molecular weight excluding hydrogens is 342 g/mol.